The van der Waals surface area contributed by atoms with Crippen LogP contribution >= 0.6 is 23.2 Å². The topological polar surface area (TPSA) is 49.3 Å². The molecule has 0 fully saturated rings. The molecule has 1 amide bonds. The third-order valence-corrected chi connectivity index (χ3v) is 3.11. The lowest BCUT2D eigenvalue weighted by Crippen LogP contribution is -2.23. The van der Waals surface area contributed by atoms with E-state index in [1.165, 1.54) is 0 Å². The summed E-state index contributed by atoms with van der Waals surface area (Å²) in [6.07, 6.45) is -0.574. The number of aliphatic hydroxyl groups is 1. The van der Waals surface area contributed by atoms with Crippen molar-refractivity contribution in [1.29, 1.82) is 0 Å². The fourth-order valence-electron chi connectivity index (χ4n) is 1.21. The van der Waals surface area contributed by atoms with Gasteiger partial charge in [0.1, 0.15) is 0 Å². The second-order valence-corrected chi connectivity index (χ2v) is 5.01. The highest BCUT2D eigenvalue weighted by Gasteiger charge is 2.14. The molecule has 17 heavy (non-hydrogen) atoms. The van der Waals surface area contributed by atoms with Crippen LogP contribution in [0.5, 0.6) is 0 Å². The van der Waals surface area contributed by atoms with Crippen LogP contribution < -0.4 is 5.32 Å². The Balaban J connectivity index is 2.59. The Hall–Kier alpha value is -0.770. The number of carbonyl (C=O) groups is 1. The predicted octanol–water partition coefficient (Wildman–Crippen LogP) is 3.34. The maximum absolute atomic E-state index is 11.6. The highest BCUT2D eigenvalue weighted by molar-refractivity contribution is 6.42. The molecule has 0 aliphatic rings. The van der Waals surface area contributed by atoms with E-state index in [2.05, 4.69) is 5.32 Å². The van der Waals surface area contributed by atoms with E-state index >= 15 is 0 Å². The number of nitrogens with one attached hydrogen (secondary N) is 1. The van der Waals surface area contributed by atoms with Crippen molar-refractivity contribution in [2.24, 2.45) is 5.92 Å². The van der Waals surface area contributed by atoms with Crippen LogP contribution in [-0.2, 0) is 4.79 Å². The van der Waals surface area contributed by atoms with Gasteiger partial charge in [0.25, 0.3) is 0 Å². The van der Waals surface area contributed by atoms with Gasteiger partial charge in [-0.1, -0.05) is 37.0 Å². The SMILES string of the molecule is CC(C)C(O)CC(=O)Nc1ccc(Cl)c(Cl)c1. The van der Waals surface area contributed by atoms with Crippen LogP contribution in [-0.4, -0.2) is 17.1 Å². The molecule has 0 spiro atoms. The van der Waals surface area contributed by atoms with Gasteiger partial charge in [-0.2, -0.15) is 0 Å². The van der Waals surface area contributed by atoms with Crippen molar-refractivity contribution in [3.05, 3.63) is 28.2 Å². The number of hydrogen-bond acceptors (Lipinski definition) is 2. The van der Waals surface area contributed by atoms with Crippen LogP contribution in [0.4, 0.5) is 5.69 Å². The predicted molar refractivity (Wildman–Crippen MR) is 70.6 cm³/mol. The molecule has 0 bridgehead atoms. The van der Waals surface area contributed by atoms with Crippen molar-refractivity contribution in [2.75, 3.05) is 5.32 Å². The van der Waals surface area contributed by atoms with E-state index in [0.29, 0.717) is 15.7 Å². The van der Waals surface area contributed by atoms with Crippen LogP contribution in [0.2, 0.25) is 10.0 Å². The molecule has 0 aliphatic carbocycles. The maximum Gasteiger partial charge on any atom is 0.226 e. The fourth-order valence-corrected chi connectivity index (χ4v) is 1.51. The van der Waals surface area contributed by atoms with E-state index in [1.807, 2.05) is 13.8 Å². The summed E-state index contributed by atoms with van der Waals surface area (Å²) >= 11 is 11.6. The summed E-state index contributed by atoms with van der Waals surface area (Å²) in [6.45, 7) is 3.72. The Morgan fingerprint density at radius 3 is 2.53 bits per heavy atom. The van der Waals surface area contributed by atoms with Crippen molar-refractivity contribution >= 4 is 34.8 Å². The maximum atomic E-state index is 11.6. The van der Waals surface area contributed by atoms with Crippen molar-refractivity contribution < 1.29 is 9.90 Å². The summed E-state index contributed by atoms with van der Waals surface area (Å²) in [5.41, 5.74) is 0.570. The molecule has 1 aromatic rings. The molecule has 1 atom stereocenters. The Labute approximate surface area is 111 Å². The molecule has 1 unspecified atom stereocenters. The quantitative estimate of drug-likeness (QED) is 0.886. The number of carbonyl (C=O) groups excluding carboxylic acids is 1. The van der Waals surface area contributed by atoms with Gasteiger partial charge in [-0.15, -0.1) is 0 Å². The molecule has 0 saturated carbocycles. The van der Waals surface area contributed by atoms with E-state index in [1.54, 1.807) is 18.2 Å². The monoisotopic (exact) mass is 275 g/mol. The highest BCUT2D eigenvalue weighted by Crippen LogP contribution is 2.25. The highest BCUT2D eigenvalue weighted by atomic mass is 35.5. The zero-order valence-corrected chi connectivity index (χ0v) is 11.2. The smallest absolute Gasteiger partial charge is 0.226 e. The number of benzene rings is 1. The number of rotatable bonds is 4. The first-order chi connectivity index (χ1) is 7.90. The Bertz CT molecular complexity index is 407. The van der Waals surface area contributed by atoms with Gasteiger partial charge >= 0.3 is 0 Å². The van der Waals surface area contributed by atoms with Crippen molar-refractivity contribution in [3.8, 4) is 0 Å². The second-order valence-electron chi connectivity index (χ2n) is 4.19. The molecular formula is C12H15Cl2NO2. The van der Waals surface area contributed by atoms with E-state index in [-0.39, 0.29) is 18.2 Å². The fraction of sp³-hybridized carbons (Fsp3) is 0.417. The van der Waals surface area contributed by atoms with E-state index in [9.17, 15) is 9.90 Å². The number of amides is 1. The van der Waals surface area contributed by atoms with E-state index in [0.717, 1.165) is 0 Å². The van der Waals surface area contributed by atoms with Gasteiger partial charge in [0.05, 0.1) is 22.6 Å². The molecule has 0 aliphatic heterocycles. The molecule has 0 saturated heterocycles. The Kier molecular flexibility index (Phi) is 5.25. The molecule has 94 valence electrons. The standard InChI is InChI=1S/C12H15Cl2NO2/c1-7(2)11(16)6-12(17)15-8-3-4-9(13)10(14)5-8/h3-5,7,11,16H,6H2,1-2H3,(H,15,17). The number of halogens is 2. The lowest BCUT2D eigenvalue weighted by Gasteiger charge is -2.14. The molecule has 0 aromatic heterocycles. The zero-order chi connectivity index (χ0) is 13.0. The van der Waals surface area contributed by atoms with Crippen LogP contribution in [0.15, 0.2) is 18.2 Å². The van der Waals surface area contributed by atoms with Crippen LogP contribution in [0, 0.1) is 5.92 Å². The van der Waals surface area contributed by atoms with Gasteiger partial charge in [-0.05, 0) is 24.1 Å². The minimum Gasteiger partial charge on any atom is -0.392 e. The molecule has 3 nitrogen and oxygen atoms in total. The average Bonchev–Trinajstić information content (AvgIpc) is 2.23. The number of anilines is 1. The zero-order valence-electron chi connectivity index (χ0n) is 9.71. The molecule has 2 N–H and O–H groups in total. The molecular weight excluding hydrogens is 261 g/mol. The normalized spacial score (nSPS) is 12.6. The molecule has 1 rings (SSSR count). The van der Waals surface area contributed by atoms with Crippen LogP contribution in [0.1, 0.15) is 20.3 Å². The van der Waals surface area contributed by atoms with Gasteiger partial charge in [-0.3, -0.25) is 4.79 Å². The largest absolute Gasteiger partial charge is 0.392 e. The number of aliphatic hydroxyl groups excluding tert-OH is 1. The summed E-state index contributed by atoms with van der Waals surface area (Å²) < 4.78 is 0. The van der Waals surface area contributed by atoms with Crippen LogP contribution in [0.3, 0.4) is 0 Å². The van der Waals surface area contributed by atoms with Gasteiger partial charge in [0.2, 0.25) is 5.91 Å². The lowest BCUT2D eigenvalue weighted by atomic mass is 10.0. The van der Waals surface area contributed by atoms with Crippen molar-refractivity contribution in [3.63, 3.8) is 0 Å². The molecule has 5 heteroatoms. The third kappa shape index (κ3) is 4.54. The first-order valence-electron chi connectivity index (χ1n) is 5.33. The minimum atomic E-state index is -0.641. The van der Waals surface area contributed by atoms with Crippen LogP contribution in [0.25, 0.3) is 0 Å². The summed E-state index contributed by atoms with van der Waals surface area (Å²) in [6, 6.07) is 4.84. The second kappa shape index (κ2) is 6.24. The van der Waals surface area contributed by atoms with Crippen molar-refractivity contribution in [2.45, 2.75) is 26.4 Å². The Morgan fingerprint density at radius 2 is 2.00 bits per heavy atom. The van der Waals surface area contributed by atoms with Gasteiger partial charge in [-0.25, -0.2) is 0 Å². The van der Waals surface area contributed by atoms with E-state index in [4.69, 9.17) is 23.2 Å². The Morgan fingerprint density at radius 1 is 1.35 bits per heavy atom. The van der Waals surface area contributed by atoms with Gasteiger partial charge in [0.15, 0.2) is 0 Å². The average molecular weight is 276 g/mol. The molecule has 1 aromatic carbocycles. The van der Waals surface area contributed by atoms with Gasteiger partial charge in [0, 0.05) is 5.69 Å². The summed E-state index contributed by atoms with van der Waals surface area (Å²) in [7, 11) is 0. The lowest BCUT2D eigenvalue weighted by molar-refractivity contribution is -0.118. The summed E-state index contributed by atoms with van der Waals surface area (Å²) in [5, 5.41) is 13.0. The molecule has 0 radical (unpaired) electrons. The first kappa shape index (κ1) is 14.3. The number of hydrogen-bond donors (Lipinski definition) is 2. The first-order valence-corrected chi connectivity index (χ1v) is 6.08. The van der Waals surface area contributed by atoms with E-state index < -0.39 is 6.10 Å². The summed E-state index contributed by atoms with van der Waals surface area (Å²) in [4.78, 5) is 11.6. The van der Waals surface area contributed by atoms with Gasteiger partial charge < -0.3 is 10.4 Å². The minimum absolute atomic E-state index is 0.0505. The van der Waals surface area contributed by atoms with Crippen molar-refractivity contribution in [1.82, 2.24) is 0 Å². The third-order valence-electron chi connectivity index (χ3n) is 2.37. The molecule has 0 heterocycles. The summed E-state index contributed by atoms with van der Waals surface area (Å²) in [5.74, 6) is -0.195.